The molecule has 5 nitrogen and oxygen atoms in total. The Morgan fingerprint density at radius 3 is 2.56 bits per heavy atom. The number of allylic oxidation sites excluding steroid dienone is 3. The topological polar surface area (TPSA) is 60.1 Å². The van der Waals surface area contributed by atoms with Crippen molar-refractivity contribution in [3.63, 3.8) is 0 Å². The SMILES string of the molecule is COc1ccc(C2=C/C(=C(\C#N)c3nc4ccccc4n3C)c3cc(C)ccc3O2)cc1. The molecule has 0 saturated heterocycles. The van der Waals surface area contributed by atoms with E-state index in [1.54, 1.807) is 7.11 Å². The molecule has 0 radical (unpaired) electrons. The van der Waals surface area contributed by atoms with Crippen LogP contribution in [0.15, 0.2) is 72.8 Å². The van der Waals surface area contributed by atoms with Crippen LogP contribution >= 0.6 is 0 Å². The standard InChI is InChI=1S/C27H21N3O2/c1-17-8-13-25-21(14-17)20(15-26(32-25)18-9-11-19(31-3)12-10-18)22(16-28)27-29-23-6-4-5-7-24(23)30(27)2/h4-15H,1-3H3/b22-20-. The molecule has 2 heterocycles. The molecule has 0 saturated carbocycles. The van der Waals surface area contributed by atoms with Crippen LogP contribution in [-0.4, -0.2) is 16.7 Å². The Morgan fingerprint density at radius 2 is 1.84 bits per heavy atom. The van der Waals surface area contributed by atoms with Gasteiger partial charge in [0.1, 0.15) is 28.9 Å². The van der Waals surface area contributed by atoms with Crippen molar-refractivity contribution in [1.29, 1.82) is 5.26 Å². The summed E-state index contributed by atoms with van der Waals surface area (Å²) in [6, 6.07) is 24.0. The highest BCUT2D eigenvalue weighted by atomic mass is 16.5. The molecule has 0 bridgehead atoms. The zero-order chi connectivity index (χ0) is 22.2. The van der Waals surface area contributed by atoms with Crippen molar-refractivity contribution >= 4 is 27.9 Å². The lowest BCUT2D eigenvalue weighted by Gasteiger charge is -2.22. The minimum absolute atomic E-state index is 0.505. The monoisotopic (exact) mass is 419 g/mol. The summed E-state index contributed by atoms with van der Waals surface area (Å²) in [4.78, 5) is 4.77. The van der Waals surface area contributed by atoms with E-state index in [2.05, 4.69) is 6.07 Å². The molecule has 32 heavy (non-hydrogen) atoms. The highest BCUT2D eigenvalue weighted by molar-refractivity contribution is 6.05. The molecule has 0 N–H and O–H groups in total. The number of ether oxygens (including phenoxy) is 2. The number of nitriles is 1. The fraction of sp³-hybridized carbons (Fsp3) is 0.111. The average Bonchev–Trinajstić information content (AvgIpc) is 3.16. The van der Waals surface area contributed by atoms with E-state index >= 15 is 0 Å². The van der Waals surface area contributed by atoms with Gasteiger partial charge in [0.2, 0.25) is 0 Å². The van der Waals surface area contributed by atoms with E-state index in [1.165, 1.54) is 0 Å². The van der Waals surface area contributed by atoms with Gasteiger partial charge in [-0.1, -0.05) is 23.8 Å². The molecule has 0 atom stereocenters. The van der Waals surface area contributed by atoms with Crippen molar-refractivity contribution in [1.82, 2.24) is 9.55 Å². The minimum atomic E-state index is 0.505. The molecule has 1 aromatic heterocycles. The fourth-order valence-electron chi connectivity index (χ4n) is 4.00. The molecule has 156 valence electrons. The third kappa shape index (κ3) is 3.23. The zero-order valence-corrected chi connectivity index (χ0v) is 18.1. The lowest BCUT2D eigenvalue weighted by molar-refractivity contribution is 0.414. The van der Waals surface area contributed by atoms with Crippen molar-refractivity contribution in [3.8, 4) is 17.6 Å². The molecule has 5 rings (SSSR count). The summed E-state index contributed by atoms with van der Waals surface area (Å²) in [5.41, 5.74) is 6.00. The first-order valence-corrected chi connectivity index (χ1v) is 10.3. The molecule has 0 aliphatic carbocycles. The van der Waals surface area contributed by atoms with Gasteiger partial charge in [0.05, 0.1) is 18.1 Å². The van der Waals surface area contributed by atoms with Crippen LogP contribution in [-0.2, 0) is 7.05 Å². The summed E-state index contributed by atoms with van der Waals surface area (Å²) in [7, 11) is 3.58. The first-order valence-electron chi connectivity index (χ1n) is 10.3. The number of aromatic nitrogens is 2. The maximum absolute atomic E-state index is 10.3. The van der Waals surface area contributed by atoms with Crippen LogP contribution in [0.5, 0.6) is 11.5 Å². The van der Waals surface area contributed by atoms with E-state index < -0.39 is 0 Å². The number of hydrogen-bond acceptors (Lipinski definition) is 4. The van der Waals surface area contributed by atoms with Crippen molar-refractivity contribution < 1.29 is 9.47 Å². The summed E-state index contributed by atoms with van der Waals surface area (Å²) in [6.07, 6.45) is 1.93. The van der Waals surface area contributed by atoms with Gasteiger partial charge in [0, 0.05) is 23.7 Å². The summed E-state index contributed by atoms with van der Waals surface area (Å²) in [6.45, 7) is 2.03. The number of aryl methyl sites for hydroxylation is 2. The van der Waals surface area contributed by atoms with Crippen LogP contribution < -0.4 is 9.47 Å². The Bertz CT molecular complexity index is 1450. The van der Waals surface area contributed by atoms with Gasteiger partial charge in [-0.3, -0.25) is 0 Å². The largest absolute Gasteiger partial charge is 0.497 e. The summed E-state index contributed by atoms with van der Waals surface area (Å²) in [5, 5.41) is 10.3. The summed E-state index contributed by atoms with van der Waals surface area (Å²) >= 11 is 0. The van der Waals surface area contributed by atoms with Crippen molar-refractivity contribution in [2.45, 2.75) is 6.92 Å². The number of nitrogens with zero attached hydrogens (tertiary/aromatic N) is 3. The third-order valence-electron chi connectivity index (χ3n) is 5.69. The minimum Gasteiger partial charge on any atom is -0.497 e. The molecule has 1 aliphatic rings. The molecule has 3 aromatic carbocycles. The fourth-order valence-corrected chi connectivity index (χ4v) is 4.00. The van der Waals surface area contributed by atoms with Gasteiger partial charge in [0.25, 0.3) is 0 Å². The van der Waals surface area contributed by atoms with Crippen LogP contribution in [0.2, 0.25) is 0 Å². The van der Waals surface area contributed by atoms with Gasteiger partial charge < -0.3 is 14.0 Å². The van der Waals surface area contributed by atoms with Gasteiger partial charge in [0.15, 0.2) is 5.82 Å². The lowest BCUT2D eigenvalue weighted by atomic mass is 9.93. The molecule has 0 spiro atoms. The molecule has 0 unspecified atom stereocenters. The number of para-hydroxylation sites is 2. The summed E-state index contributed by atoms with van der Waals surface area (Å²) in [5.74, 6) is 2.79. The molecular weight excluding hydrogens is 398 g/mol. The van der Waals surface area contributed by atoms with Crippen molar-refractivity contribution in [2.75, 3.05) is 7.11 Å². The number of fused-ring (bicyclic) bond motifs is 2. The van der Waals surface area contributed by atoms with Gasteiger partial charge in [-0.2, -0.15) is 5.26 Å². The number of imidazole rings is 1. The molecule has 4 aromatic rings. The van der Waals surface area contributed by atoms with Crippen LogP contribution in [0.4, 0.5) is 0 Å². The second-order valence-electron chi connectivity index (χ2n) is 7.72. The quantitative estimate of drug-likeness (QED) is 0.396. The van der Waals surface area contributed by atoms with Gasteiger partial charge >= 0.3 is 0 Å². The Balaban J connectivity index is 1.76. The van der Waals surface area contributed by atoms with Gasteiger partial charge in [-0.25, -0.2) is 4.98 Å². The van der Waals surface area contributed by atoms with Gasteiger partial charge in [-0.15, -0.1) is 0 Å². The van der Waals surface area contributed by atoms with Crippen LogP contribution in [0.3, 0.4) is 0 Å². The van der Waals surface area contributed by atoms with E-state index in [4.69, 9.17) is 14.5 Å². The van der Waals surface area contributed by atoms with Crippen LogP contribution in [0.25, 0.3) is 27.9 Å². The van der Waals surface area contributed by atoms with Crippen LogP contribution in [0, 0.1) is 18.3 Å². The first kappa shape index (κ1) is 19.7. The Hall–Kier alpha value is -4.30. The van der Waals surface area contributed by atoms with Crippen molar-refractivity contribution in [3.05, 3.63) is 95.3 Å². The van der Waals surface area contributed by atoms with E-state index in [9.17, 15) is 5.26 Å². The number of rotatable bonds is 3. The molecule has 5 heteroatoms. The maximum atomic E-state index is 10.3. The van der Waals surface area contributed by atoms with Gasteiger partial charge in [-0.05, 0) is 61.5 Å². The molecule has 1 aliphatic heterocycles. The smallest absolute Gasteiger partial charge is 0.152 e. The lowest BCUT2D eigenvalue weighted by Crippen LogP contribution is -2.07. The first-order chi connectivity index (χ1) is 15.6. The highest BCUT2D eigenvalue weighted by Gasteiger charge is 2.24. The Labute approximate surface area is 186 Å². The van der Waals surface area contributed by atoms with Crippen molar-refractivity contribution in [2.24, 2.45) is 7.05 Å². The number of hydrogen-bond donors (Lipinski definition) is 0. The van der Waals surface area contributed by atoms with E-state index in [-0.39, 0.29) is 0 Å². The Morgan fingerprint density at radius 1 is 1.06 bits per heavy atom. The second kappa shape index (κ2) is 7.75. The highest BCUT2D eigenvalue weighted by Crippen LogP contribution is 2.41. The average molecular weight is 419 g/mol. The third-order valence-corrected chi connectivity index (χ3v) is 5.69. The number of methoxy groups -OCH3 is 1. The Kier molecular flexibility index (Phi) is 4.76. The molecule has 0 amide bonds. The predicted molar refractivity (Wildman–Crippen MR) is 126 cm³/mol. The van der Waals surface area contributed by atoms with E-state index in [0.29, 0.717) is 22.9 Å². The predicted octanol–water partition coefficient (Wildman–Crippen LogP) is 5.76. The molecular formula is C27H21N3O2. The molecule has 0 fully saturated rings. The zero-order valence-electron chi connectivity index (χ0n) is 18.1. The second-order valence-corrected chi connectivity index (χ2v) is 7.72. The van der Waals surface area contributed by atoms with E-state index in [1.807, 2.05) is 91.3 Å². The maximum Gasteiger partial charge on any atom is 0.152 e. The van der Waals surface area contributed by atoms with Crippen LogP contribution in [0.1, 0.15) is 22.5 Å². The summed E-state index contributed by atoms with van der Waals surface area (Å²) < 4.78 is 13.5. The van der Waals surface area contributed by atoms with E-state index in [0.717, 1.165) is 39.0 Å². The normalized spacial score (nSPS) is 14.2. The number of benzene rings is 3.